The van der Waals surface area contributed by atoms with Gasteiger partial charge in [0.05, 0.1) is 11.7 Å². The van der Waals surface area contributed by atoms with E-state index in [1.807, 2.05) is 18.2 Å². The third kappa shape index (κ3) is 1.94. The number of rotatable bonds is 2. The molecule has 0 radical (unpaired) electrons. The number of likely N-dealkylation sites (tertiary alicyclic amines) is 1. The van der Waals surface area contributed by atoms with Crippen LogP contribution in [0.3, 0.4) is 0 Å². The van der Waals surface area contributed by atoms with Gasteiger partial charge in [-0.15, -0.1) is 0 Å². The zero-order valence-electron chi connectivity index (χ0n) is 10.6. The Morgan fingerprint density at radius 3 is 2.80 bits per heavy atom. The number of carboxylic acid groups (broad SMARTS) is 1. The first-order valence-corrected chi connectivity index (χ1v) is 6.36. The number of amides is 1. The molecule has 1 amide bonds. The molecule has 3 rings (SSSR count). The number of aromatic nitrogens is 1. The van der Waals surface area contributed by atoms with Crippen molar-refractivity contribution in [1.82, 2.24) is 9.88 Å². The highest BCUT2D eigenvalue weighted by molar-refractivity contribution is 6.07. The number of H-pyrrole nitrogens is 1. The summed E-state index contributed by atoms with van der Waals surface area (Å²) in [6.07, 6.45) is 0.866. The molecule has 1 aliphatic heterocycles. The molecule has 1 aliphatic rings. The number of carbonyl (C=O) groups excluding carboxylic acids is 1. The Balaban J connectivity index is 1.98. The van der Waals surface area contributed by atoms with Crippen LogP contribution in [0.25, 0.3) is 10.9 Å². The Kier molecular flexibility index (Phi) is 2.94. The van der Waals surface area contributed by atoms with Crippen LogP contribution >= 0.6 is 0 Å². The summed E-state index contributed by atoms with van der Waals surface area (Å²) in [5.74, 6) is -1.46. The molecule has 2 atom stereocenters. The number of nitrogens with one attached hydrogen (secondary N) is 1. The topological polar surface area (TPSA) is 93.6 Å². The minimum absolute atomic E-state index is 0.0509. The molecule has 6 heteroatoms. The Morgan fingerprint density at radius 1 is 1.30 bits per heavy atom. The van der Waals surface area contributed by atoms with Gasteiger partial charge < -0.3 is 20.1 Å². The standard InChI is InChI=1S/C14H14N2O4/c17-8-5-12(14(19)20)16(7-8)13(18)10-6-15-11-4-2-1-3-9(10)11/h1-4,6,8,12,15,17H,5,7H2,(H,19,20)/t8-,12-/m0/s1. The lowest BCUT2D eigenvalue weighted by Crippen LogP contribution is -2.40. The highest BCUT2D eigenvalue weighted by Crippen LogP contribution is 2.25. The van der Waals surface area contributed by atoms with Crippen LogP contribution in [0.4, 0.5) is 0 Å². The van der Waals surface area contributed by atoms with E-state index in [0.29, 0.717) is 5.56 Å². The number of carbonyl (C=O) groups is 2. The molecule has 2 heterocycles. The largest absolute Gasteiger partial charge is 0.480 e. The predicted octanol–water partition coefficient (Wildman–Crippen LogP) is 0.828. The van der Waals surface area contributed by atoms with Gasteiger partial charge in [0.2, 0.25) is 0 Å². The van der Waals surface area contributed by atoms with Crippen molar-refractivity contribution in [3.63, 3.8) is 0 Å². The SMILES string of the molecule is O=C(O)[C@@H]1C[C@H](O)CN1C(=O)c1c[nH]c2ccccc12. The third-order valence-electron chi connectivity index (χ3n) is 3.64. The maximum atomic E-state index is 12.5. The quantitative estimate of drug-likeness (QED) is 0.756. The minimum Gasteiger partial charge on any atom is -0.480 e. The van der Waals surface area contributed by atoms with Gasteiger partial charge in [-0.1, -0.05) is 18.2 Å². The number of hydrogen-bond acceptors (Lipinski definition) is 3. The molecule has 0 aliphatic carbocycles. The van der Waals surface area contributed by atoms with Crippen LogP contribution in [0.1, 0.15) is 16.8 Å². The third-order valence-corrected chi connectivity index (χ3v) is 3.64. The van der Waals surface area contributed by atoms with Gasteiger partial charge in [-0.05, 0) is 6.07 Å². The van der Waals surface area contributed by atoms with Gasteiger partial charge in [-0.3, -0.25) is 4.79 Å². The molecule has 1 aromatic heterocycles. The molecule has 1 fully saturated rings. The number of para-hydroxylation sites is 1. The van der Waals surface area contributed by atoms with Gasteiger partial charge in [0.15, 0.2) is 0 Å². The lowest BCUT2D eigenvalue weighted by molar-refractivity contribution is -0.141. The van der Waals surface area contributed by atoms with Crippen LogP contribution < -0.4 is 0 Å². The van der Waals surface area contributed by atoms with Crippen LogP contribution in [0.5, 0.6) is 0 Å². The molecule has 0 unspecified atom stereocenters. The predicted molar refractivity (Wildman–Crippen MR) is 71.4 cm³/mol. The fourth-order valence-electron chi connectivity index (χ4n) is 2.68. The Morgan fingerprint density at radius 2 is 2.05 bits per heavy atom. The van der Waals surface area contributed by atoms with Crippen LogP contribution in [0.15, 0.2) is 30.5 Å². The van der Waals surface area contributed by atoms with Crippen molar-refractivity contribution < 1.29 is 19.8 Å². The number of hydrogen-bond donors (Lipinski definition) is 3. The van der Waals surface area contributed by atoms with Crippen molar-refractivity contribution in [1.29, 1.82) is 0 Å². The second-order valence-corrected chi connectivity index (χ2v) is 4.95. The summed E-state index contributed by atoms with van der Waals surface area (Å²) in [6, 6.07) is 6.36. The summed E-state index contributed by atoms with van der Waals surface area (Å²) in [5.41, 5.74) is 1.25. The average molecular weight is 274 g/mol. The van der Waals surface area contributed by atoms with Gasteiger partial charge in [-0.2, -0.15) is 0 Å². The van der Waals surface area contributed by atoms with Gasteiger partial charge in [0, 0.05) is 30.1 Å². The highest BCUT2D eigenvalue weighted by atomic mass is 16.4. The van der Waals surface area contributed by atoms with E-state index in [4.69, 9.17) is 5.11 Å². The summed E-state index contributed by atoms with van der Waals surface area (Å²) in [7, 11) is 0. The number of carboxylic acids is 1. The average Bonchev–Trinajstić information content (AvgIpc) is 3.01. The van der Waals surface area contributed by atoms with Crippen LogP contribution in [0, 0.1) is 0 Å². The van der Waals surface area contributed by atoms with E-state index in [-0.39, 0.29) is 18.9 Å². The molecule has 2 aromatic rings. The van der Waals surface area contributed by atoms with E-state index in [9.17, 15) is 14.7 Å². The lowest BCUT2D eigenvalue weighted by atomic mass is 10.1. The van der Waals surface area contributed by atoms with Gasteiger partial charge in [-0.25, -0.2) is 4.79 Å². The number of aliphatic hydroxyl groups excluding tert-OH is 1. The fraction of sp³-hybridized carbons (Fsp3) is 0.286. The van der Waals surface area contributed by atoms with Crippen molar-refractivity contribution in [2.75, 3.05) is 6.54 Å². The van der Waals surface area contributed by atoms with Gasteiger partial charge >= 0.3 is 5.97 Å². The molecule has 20 heavy (non-hydrogen) atoms. The summed E-state index contributed by atoms with van der Waals surface area (Å²) < 4.78 is 0. The zero-order valence-corrected chi connectivity index (χ0v) is 10.6. The number of nitrogens with zero attached hydrogens (tertiary/aromatic N) is 1. The van der Waals surface area contributed by atoms with E-state index >= 15 is 0 Å². The van der Waals surface area contributed by atoms with E-state index < -0.39 is 18.1 Å². The normalized spacial score (nSPS) is 22.4. The Bertz CT molecular complexity index is 679. The second kappa shape index (κ2) is 4.64. The molecular weight excluding hydrogens is 260 g/mol. The molecule has 0 spiro atoms. The molecule has 1 aromatic carbocycles. The lowest BCUT2D eigenvalue weighted by Gasteiger charge is -2.20. The first-order chi connectivity index (χ1) is 9.58. The first-order valence-electron chi connectivity index (χ1n) is 6.36. The van der Waals surface area contributed by atoms with Crippen molar-refractivity contribution in [2.24, 2.45) is 0 Å². The molecule has 0 saturated carbocycles. The van der Waals surface area contributed by atoms with E-state index in [1.54, 1.807) is 12.3 Å². The molecule has 3 N–H and O–H groups in total. The number of aromatic amines is 1. The van der Waals surface area contributed by atoms with Crippen LogP contribution in [0.2, 0.25) is 0 Å². The van der Waals surface area contributed by atoms with Crippen LogP contribution in [-0.4, -0.2) is 50.7 Å². The number of fused-ring (bicyclic) bond motifs is 1. The molecule has 6 nitrogen and oxygen atoms in total. The summed E-state index contributed by atoms with van der Waals surface area (Å²) in [4.78, 5) is 27.9. The minimum atomic E-state index is -1.09. The van der Waals surface area contributed by atoms with E-state index in [0.717, 1.165) is 10.9 Å². The Labute approximate surface area is 114 Å². The van der Waals surface area contributed by atoms with Gasteiger partial charge in [0.25, 0.3) is 5.91 Å². The highest BCUT2D eigenvalue weighted by Gasteiger charge is 2.39. The number of aliphatic hydroxyl groups is 1. The number of β-amino-alcohol motifs (C(OH)–C–C–N with tert-alkyl or cyclic N) is 1. The maximum Gasteiger partial charge on any atom is 0.326 e. The Hall–Kier alpha value is -2.34. The van der Waals surface area contributed by atoms with E-state index in [1.165, 1.54) is 4.90 Å². The van der Waals surface area contributed by atoms with Crippen molar-refractivity contribution in [2.45, 2.75) is 18.6 Å². The maximum absolute atomic E-state index is 12.5. The second-order valence-electron chi connectivity index (χ2n) is 4.95. The van der Waals surface area contributed by atoms with Crippen LogP contribution in [-0.2, 0) is 4.79 Å². The number of aliphatic carboxylic acids is 1. The van der Waals surface area contributed by atoms with Crippen molar-refractivity contribution >= 4 is 22.8 Å². The number of benzene rings is 1. The molecule has 104 valence electrons. The fourth-order valence-corrected chi connectivity index (χ4v) is 2.68. The summed E-state index contributed by atoms with van der Waals surface area (Å²) in [5, 5.41) is 19.5. The molecule has 1 saturated heterocycles. The van der Waals surface area contributed by atoms with Crippen molar-refractivity contribution in [3.05, 3.63) is 36.0 Å². The molecule has 0 bridgehead atoms. The zero-order chi connectivity index (χ0) is 14.3. The summed E-state index contributed by atoms with van der Waals surface area (Å²) >= 11 is 0. The first kappa shape index (κ1) is 12.7. The monoisotopic (exact) mass is 274 g/mol. The van der Waals surface area contributed by atoms with Gasteiger partial charge in [0.1, 0.15) is 6.04 Å². The van der Waals surface area contributed by atoms with E-state index in [2.05, 4.69) is 4.98 Å². The van der Waals surface area contributed by atoms with Crippen molar-refractivity contribution in [3.8, 4) is 0 Å². The molecular formula is C14H14N2O4. The smallest absolute Gasteiger partial charge is 0.326 e. The summed E-state index contributed by atoms with van der Waals surface area (Å²) in [6.45, 7) is 0.0509.